The highest BCUT2D eigenvalue weighted by molar-refractivity contribution is 8.02. The summed E-state index contributed by atoms with van der Waals surface area (Å²) in [5.41, 5.74) is 5.08. The molecule has 0 radical (unpaired) electrons. The molecule has 12 nitrogen and oxygen atoms in total. The molecule has 36 heavy (non-hydrogen) atoms. The number of nitrogens with zero attached hydrogens (tertiary/aromatic N) is 5. The van der Waals surface area contributed by atoms with Crippen molar-refractivity contribution < 1.29 is 24.3 Å². The third kappa shape index (κ3) is 5.47. The van der Waals surface area contributed by atoms with Crippen molar-refractivity contribution in [3.05, 3.63) is 41.3 Å². The Morgan fingerprint density at radius 2 is 2.31 bits per heavy atom. The second-order valence-electron chi connectivity index (χ2n) is 7.89. The largest absolute Gasteiger partial charge is 0.481 e. The molecule has 15 heteroatoms. The van der Waals surface area contributed by atoms with Crippen LogP contribution in [0.3, 0.4) is 0 Å². The number of rotatable bonds is 10. The number of pyridine rings is 1. The number of aliphatic carboxylic acids is 1. The summed E-state index contributed by atoms with van der Waals surface area (Å²) in [4.78, 5) is 52.6. The van der Waals surface area contributed by atoms with E-state index in [-0.39, 0.29) is 52.6 Å². The van der Waals surface area contributed by atoms with E-state index in [4.69, 9.17) is 10.6 Å². The van der Waals surface area contributed by atoms with Gasteiger partial charge in [-0.05, 0) is 30.5 Å². The lowest BCUT2D eigenvalue weighted by atomic mass is 9.89. The number of oxime groups is 1. The topological polar surface area (TPSA) is 173 Å². The van der Waals surface area contributed by atoms with Crippen molar-refractivity contribution >= 4 is 69.8 Å². The Kier molecular flexibility index (Phi) is 8.11. The molecule has 0 bridgehead atoms. The number of fused-ring (bicyclic) bond motifs is 1. The van der Waals surface area contributed by atoms with Gasteiger partial charge in [0.1, 0.15) is 23.4 Å². The second-order valence-corrected chi connectivity index (χ2v) is 10.7. The van der Waals surface area contributed by atoms with E-state index in [0.717, 1.165) is 17.2 Å². The average molecular weight is 550 g/mol. The predicted molar refractivity (Wildman–Crippen MR) is 138 cm³/mol. The van der Waals surface area contributed by atoms with Gasteiger partial charge in [-0.1, -0.05) is 11.2 Å². The maximum Gasteiger partial charge on any atom is 0.313 e. The van der Waals surface area contributed by atoms with Gasteiger partial charge < -0.3 is 25.9 Å². The van der Waals surface area contributed by atoms with E-state index in [1.54, 1.807) is 13.1 Å². The number of carbonyl (C=O) groups excluding carboxylic acids is 2. The number of carboxylic acids is 1. The van der Waals surface area contributed by atoms with Gasteiger partial charge in [0.05, 0.1) is 5.69 Å². The van der Waals surface area contributed by atoms with Crippen LogP contribution in [0.25, 0.3) is 6.08 Å². The van der Waals surface area contributed by atoms with Crippen LogP contribution < -0.4 is 11.1 Å². The molecule has 4 heterocycles. The number of hydrogen-bond donors (Lipinski definition) is 3. The number of aromatic nitrogens is 3. The summed E-state index contributed by atoms with van der Waals surface area (Å²) >= 11 is 3.59. The molecule has 4 rings (SSSR count). The lowest BCUT2D eigenvalue weighted by molar-refractivity contribution is -0.157. The molecule has 2 amide bonds. The highest BCUT2D eigenvalue weighted by atomic mass is 32.2. The fourth-order valence-electron chi connectivity index (χ4n) is 3.56. The molecule has 2 aliphatic rings. The van der Waals surface area contributed by atoms with Crippen LogP contribution in [0.1, 0.15) is 18.4 Å². The lowest BCUT2D eigenvalue weighted by Crippen LogP contribution is -2.74. The van der Waals surface area contributed by atoms with Gasteiger partial charge >= 0.3 is 5.97 Å². The second kappa shape index (κ2) is 11.3. The normalized spacial score (nSPS) is 23.8. The van der Waals surface area contributed by atoms with Gasteiger partial charge in [0.2, 0.25) is 17.4 Å². The molecule has 2 aromatic rings. The number of nitrogens with two attached hydrogens (primary N) is 1. The molecule has 2 aliphatic heterocycles. The zero-order chi connectivity index (χ0) is 25.7. The van der Waals surface area contributed by atoms with Crippen molar-refractivity contribution in [2.45, 2.75) is 18.3 Å². The van der Waals surface area contributed by atoms with Crippen LogP contribution >= 0.6 is 35.1 Å². The molecule has 0 aliphatic carbocycles. The lowest BCUT2D eigenvalue weighted by Gasteiger charge is -2.53. The Hall–Kier alpha value is -3.17. The Labute approximate surface area is 218 Å². The smallest absolute Gasteiger partial charge is 0.313 e. The Morgan fingerprint density at radius 3 is 2.97 bits per heavy atom. The number of carboxylic acid groups (broad SMARTS) is 1. The quantitative estimate of drug-likeness (QED) is 0.220. The number of thioether (sulfide) groups is 2. The summed E-state index contributed by atoms with van der Waals surface area (Å²) < 4.78 is 3.99. The van der Waals surface area contributed by atoms with E-state index >= 15 is 0 Å². The van der Waals surface area contributed by atoms with Gasteiger partial charge in [-0.25, -0.2) is 0 Å². The number of nitrogen functional groups attached to an aromatic ring is 1. The molecule has 2 fully saturated rings. The van der Waals surface area contributed by atoms with Crippen LogP contribution in [0.5, 0.6) is 0 Å². The fourth-order valence-corrected chi connectivity index (χ4v) is 6.63. The first-order valence-corrected chi connectivity index (χ1v) is 13.7. The average Bonchev–Trinajstić information content (AvgIpc) is 3.31. The third-order valence-corrected chi connectivity index (χ3v) is 8.60. The summed E-state index contributed by atoms with van der Waals surface area (Å²) in [6.45, 7) is 1.98. The molecule has 190 valence electrons. The van der Waals surface area contributed by atoms with Gasteiger partial charge in [-0.15, -0.1) is 23.5 Å². The van der Waals surface area contributed by atoms with Crippen LogP contribution in [-0.4, -0.2) is 83.9 Å². The van der Waals surface area contributed by atoms with E-state index in [0.29, 0.717) is 0 Å². The number of amides is 2. The van der Waals surface area contributed by atoms with Crippen molar-refractivity contribution in [2.75, 3.05) is 30.4 Å². The Bertz CT molecular complexity index is 1190. The summed E-state index contributed by atoms with van der Waals surface area (Å²) in [6.07, 6.45) is 3.49. The van der Waals surface area contributed by atoms with E-state index in [2.05, 4.69) is 24.8 Å². The molecule has 2 aromatic heterocycles. The van der Waals surface area contributed by atoms with Gasteiger partial charge in [0.25, 0.3) is 5.91 Å². The minimum Gasteiger partial charge on any atom is -0.481 e. The maximum absolute atomic E-state index is 12.9. The number of nitrogens with one attached hydrogen (secondary N) is 1. The van der Waals surface area contributed by atoms with E-state index in [9.17, 15) is 19.5 Å². The monoisotopic (exact) mass is 549 g/mol. The molecule has 0 spiro atoms. The SMILES string of the molecule is CCON=C(C(=O)NC1C(=O)N2CC(CSC=Cc3ccccn3)(C(=O)O)CS[C@H]12)c1nsc(N)n1. The Morgan fingerprint density at radius 1 is 1.47 bits per heavy atom. The van der Waals surface area contributed by atoms with Gasteiger partial charge in [0.15, 0.2) is 5.13 Å². The number of carbonyl (C=O) groups is 3. The Balaban J connectivity index is 1.39. The van der Waals surface area contributed by atoms with Crippen LogP contribution in [0.2, 0.25) is 0 Å². The van der Waals surface area contributed by atoms with Gasteiger partial charge in [0, 0.05) is 35.8 Å². The first-order valence-electron chi connectivity index (χ1n) is 10.8. The molecule has 4 N–H and O–H groups in total. The summed E-state index contributed by atoms with van der Waals surface area (Å²) in [6, 6.07) is 4.71. The van der Waals surface area contributed by atoms with Crippen molar-refractivity contribution in [1.29, 1.82) is 0 Å². The van der Waals surface area contributed by atoms with E-state index in [1.165, 1.54) is 28.4 Å². The van der Waals surface area contributed by atoms with E-state index < -0.39 is 23.3 Å². The zero-order valence-corrected chi connectivity index (χ0v) is 21.5. The third-order valence-electron chi connectivity index (χ3n) is 5.42. The first kappa shape index (κ1) is 25.9. The highest BCUT2D eigenvalue weighted by Gasteiger charge is 2.57. The first-order chi connectivity index (χ1) is 17.3. The minimum atomic E-state index is -1.12. The molecule has 2 saturated heterocycles. The molecule has 2 unspecified atom stereocenters. The molecular weight excluding hydrogens is 526 g/mol. The fraction of sp³-hybridized carbons (Fsp3) is 0.381. The molecule has 0 saturated carbocycles. The number of β-lactam (4-membered cyclic amide) rings is 1. The summed E-state index contributed by atoms with van der Waals surface area (Å²) in [7, 11) is 0. The van der Waals surface area contributed by atoms with Crippen LogP contribution in [0.15, 0.2) is 35.0 Å². The van der Waals surface area contributed by atoms with Crippen molar-refractivity contribution in [1.82, 2.24) is 24.6 Å². The summed E-state index contributed by atoms with van der Waals surface area (Å²) in [5, 5.41) is 18.0. The number of hydrogen-bond acceptors (Lipinski definition) is 12. The van der Waals surface area contributed by atoms with Crippen LogP contribution in [-0.2, 0) is 19.2 Å². The molecule has 3 atom stereocenters. The highest BCUT2D eigenvalue weighted by Crippen LogP contribution is 2.43. The van der Waals surface area contributed by atoms with Gasteiger partial charge in [-0.3, -0.25) is 19.4 Å². The minimum absolute atomic E-state index is 0.00375. The van der Waals surface area contributed by atoms with E-state index in [1.807, 2.05) is 29.7 Å². The number of anilines is 1. The molecule has 0 aromatic carbocycles. The molecular formula is C21H23N7O5S3. The predicted octanol–water partition coefficient (Wildman–Crippen LogP) is 1.13. The van der Waals surface area contributed by atoms with Crippen molar-refractivity contribution in [3.8, 4) is 0 Å². The standard InChI is InChI=1S/C21H23N7O5S3/c1-2-33-26-13(15-25-20(22)36-27-15)16(29)24-14-17(30)28-9-21(19(31)32,11-35-18(14)28)10-34-8-6-12-5-3-4-7-23-12/h3-8,14,18H,2,9-11H2,1H3,(H,24,29)(H,31,32)(H2,22,25,27)/t14?,18-,21?/m1/s1. The maximum atomic E-state index is 12.9. The van der Waals surface area contributed by atoms with Crippen molar-refractivity contribution in [2.24, 2.45) is 10.6 Å². The van der Waals surface area contributed by atoms with Crippen LogP contribution in [0, 0.1) is 5.41 Å². The van der Waals surface area contributed by atoms with Gasteiger partial charge in [-0.2, -0.15) is 9.36 Å². The van der Waals surface area contributed by atoms with Crippen molar-refractivity contribution in [3.63, 3.8) is 0 Å². The van der Waals surface area contributed by atoms with Crippen LogP contribution in [0.4, 0.5) is 5.13 Å². The summed E-state index contributed by atoms with van der Waals surface area (Å²) in [5.74, 6) is -1.42. The zero-order valence-electron chi connectivity index (χ0n) is 19.1.